The van der Waals surface area contributed by atoms with Gasteiger partial charge in [-0.1, -0.05) is 53.4 Å². The molecule has 0 aromatic carbocycles. The lowest BCUT2D eigenvalue weighted by atomic mass is 9.82. The number of carbonyl (C=O) groups is 2. The highest BCUT2D eigenvalue weighted by Gasteiger charge is 2.32. The van der Waals surface area contributed by atoms with Crippen LogP contribution in [0.25, 0.3) is 0 Å². The Morgan fingerprint density at radius 3 is 1.81 bits per heavy atom. The third-order valence-corrected chi connectivity index (χ3v) is 5.33. The first-order valence-electron chi connectivity index (χ1n) is 10.8. The van der Waals surface area contributed by atoms with Crippen molar-refractivity contribution in [3.63, 3.8) is 0 Å². The molecule has 0 spiro atoms. The van der Waals surface area contributed by atoms with E-state index in [9.17, 15) is 9.59 Å². The fourth-order valence-corrected chi connectivity index (χ4v) is 3.65. The molecule has 0 radical (unpaired) electrons. The largest absolute Gasteiger partial charge is 0.465 e. The van der Waals surface area contributed by atoms with Gasteiger partial charge in [-0.3, -0.25) is 9.59 Å². The van der Waals surface area contributed by atoms with Crippen LogP contribution in [-0.2, 0) is 19.1 Å². The van der Waals surface area contributed by atoms with Crippen LogP contribution in [0.4, 0.5) is 0 Å². The van der Waals surface area contributed by atoms with Gasteiger partial charge >= 0.3 is 11.9 Å². The number of hydrogen-bond donors (Lipinski definition) is 0. The van der Waals surface area contributed by atoms with Gasteiger partial charge in [0, 0.05) is 0 Å². The van der Waals surface area contributed by atoms with E-state index in [0.717, 1.165) is 44.9 Å². The lowest BCUT2D eigenvalue weighted by molar-refractivity contribution is -0.156. The van der Waals surface area contributed by atoms with Crippen molar-refractivity contribution in [2.24, 2.45) is 23.7 Å². The smallest absolute Gasteiger partial charge is 0.308 e. The minimum Gasteiger partial charge on any atom is -0.465 e. The van der Waals surface area contributed by atoms with E-state index in [-0.39, 0.29) is 23.8 Å². The van der Waals surface area contributed by atoms with Crippen molar-refractivity contribution < 1.29 is 19.1 Å². The van der Waals surface area contributed by atoms with Gasteiger partial charge in [0.1, 0.15) is 0 Å². The van der Waals surface area contributed by atoms with E-state index in [4.69, 9.17) is 9.47 Å². The Morgan fingerprint density at radius 1 is 0.808 bits per heavy atom. The summed E-state index contributed by atoms with van der Waals surface area (Å²) < 4.78 is 11.0. The molecule has 0 saturated heterocycles. The molecule has 1 aliphatic carbocycles. The van der Waals surface area contributed by atoms with Gasteiger partial charge < -0.3 is 9.47 Å². The number of hydrogen-bond acceptors (Lipinski definition) is 4. The topological polar surface area (TPSA) is 52.6 Å². The number of carbonyl (C=O) groups excluding carboxylic acids is 2. The average Bonchev–Trinajstić information content (AvgIpc) is 2.64. The predicted molar refractivity (Wildman–Crippen MR) is 105 cm³/mol. The van der Waals surface area contributed by atoms with Crippen LogP contribution in [0.5, 0.6) is 0 Å². The fraction of sp³-hybridized carbons (Fsp3) is 0.909. The molecule has 26 heavy (non-hydrogen) atoms. The van der Waals surface area contributed by atoms with Gasteiger partial charge in [-0.05, 0) is 50.4 Å². The van der Waals surface area contributed by atoms with E-state index in [0.29, 0.717) is 25.0 Å². The SMILES string of the molecule is CCCCCC(CCC)COC(=O)C1CCC(C(=O)OCC(C)C)CC1. The lowest BCUT2D eigenvalue weighted by Gasteiger charge is -2.27. The lowest BCUT2D eigenvalue weighted by Crippen LogP contribution is -2.29. The zero-order chi connectivity index (χ0) is 19.4. The summed E-state index contributed by atoms with van der Waals surface area (Å²) in [4.78, 5) is 24.4. The summed E-state index contributed by atoms with van der Waals surface area (Å²) in [6, 6.07) is 0. The van der Waals surface area contributed by atoms with Crippen LogP contribution in [0.3, 0.4) is 0 Å². The standard InChI is InChI=1S/C22H40O4/c1-5-7-8-10-18(9-6-2)16-26-22(24)20-13-11-19(12-14-20)21(23)25-15-17(3)4/h17-20H,5-16H2,1-4H3. The van der Waals surface area contributed by atoms with E-state index in [1.807, 2.05) is 13.8 Å². The van der Waals surface area contributed by atoms with Crippen LogP contribution < -0.4 is 0 Å². The van der Waals surface area contributed by atoms with Crippen molar-refractivity contribution in [3.05, 3.63) is 0 Å². The number of unbranched alkanes of at least 4 members (excludes halogenated alkanes) is 2. The van der Waals surface area contributed by atoms with Gasteiger partial charge in [0.25, 0.3) is 0 Å². The van der Waals surface area contributed by atoms with Gasteiger partial charge in [0.15, 0.2) is 0 Å². The molecule has 0 aliphatic heterocycles. The van der Waals surface area contributed by atoms with Crippen LogP contribution in [0.15, 0.2) is 0 Å². The first-order chi connectivity index (χ1) is 12.5. The number of ether oxygens (including phenoxy) is 2. The second-order valence-electron chi connectivity index (χ2n) is 8.35. The average molecular weight is 369 g/mol. The first-order valence-corrected chi connectivity index (χ1v) is 10.8. The molecule has 1 fully saturated rings. The molecule has 0 amide bonds. The van der Waals surface area contributed by atoms with E-state index in [2.05, 4.69) is 13.8 Å². The summed E-state index contributed by atoms with van der Waals surface area (Å²) in [6.07, 6.45) is 10.1. The summed E-state index contributed by atoms with van der Waals surface area (Å²) in [5.41, 5.74) is 0. The summed E-state index contributed by atoms with van der Waals surface area (Å²) in [6.45, 7) is 9.52. The Kier molecular flexibility index (Phi) is 11.6. The minimum absolute atomic E-state index is 0.0398. The Hall–Kier alpha value is -1.06. The molecule has 0 heterocycles. The fourth-order valence-electron chi connectivity index (χ4n) is 3.65. The Morgan fingerprint density at radius 2 is 1.35 bits per heavy atom. The Balaban J connectivity index is 2.30. The summed E-state index contributed by atoms with van der Waals surface area (Å²) in [7, 11) is 0. The Labute approximate surface area is 160 Å². The van der Waals surface area contributed by atoms with Gasteiger partial charge in [0.2, 0.25) is 0 Å². The predicted octanol–water partition coefficient (Wildman–Crippen LogP) is 5.53. The number of esters is 2. The van der Waals surface area contributed by atoms with Gasteiger partial charge in [-0.2, -0.15) is 0 Å². The molecule has 1 atom stereocenters. The van der Waals surface area contributed by atoms with Crippen LogP contribution in [-0.4, -0.2) is 25.2 Å². The van der Waals surface area contributed by atoms with Crippen molar-refractivity contribution in [2.75, 3.05) is 13.2 Å². The zero-order valence-electron chi connectivity index (χ0n) is 17.4. The summed E-state index contributed by atoms with van der Waals surface area (Å²) in [5.74, 6) is 0.623. The molecular weight excluding hydrogens is 328 g/mol. The highest BCUT2D eigenvalue weighted by Crippen LogP contribution is 2.31. The Bertz CT molecular complexity index is 397. The highest BCUT2D eigenvalue weighted by atomic mass is 16.5. The molecule has 4 heteroatoms. The summed E-state index contributed by atoms with van der Waals surface area (Å²) in [5, 5.41) is 0. The van der Waals surface area contributed by atoms with Crippen LogP contribution in [0.2, 0.25) is 0 Å². The van der Waals surface area contributed by atoms with E-state index >= 15 is 0 Å². The zero-order valence-corrected chi connectivity index (χ0v) is 17.4. The minimum atomic E-state index is -0.0931. The van der Waals surface area contributed by atoms with Gasteiger partial charge in [0.05, 0.1) is 25.0 Å². The molecule has 1 saturated carbocycles. The van der Waals surface area contributed by atoms with Crippen molar-refractivity contribution in [1.29, 1.82) is 0 Å². The second-order valence-corrected chi connectivity index (χ2v) is 8.35. The van der Waals surface area contributed by atoms with Crippen molar-refractivity contribution in [2.45, 2.75) is 91.9 Å². The van der Waals surface area contributed by atoms with Crippen molar-refractivity contribution in [1.82, 2.24) is 0 Å². The number of rotatable bonds is 12. The van der Waals surface area contributed by atoms with E-state index in [1.54, 1.807) is 0 Å². The molecule has 0 bridgehead atoms. The maximum Gasteiger partial charge on any atom is 0.308 e. The summed E-state index contributed by atoms with van der Waals surface area (Å²) >= 11 is 0. The highest BCUT2D eigenvalue weighted by molar-refractivity contribution is 5.75. The first kappa shape index (κ1) is 23.0. The quantitative estimate of drug-likeness (QED) is 0.335. The van der Waals surface area contributed by atoms with Gasteiger partial charge in [-0.25, -0.2) is 0 Å². The van der Waals surface area contributed by atoms with Crippen LogP contribution in [0, 0.1) is 23.7 Å². The van der Waals surface area contributed by atoms with Crippen molar-refractivity contribution >= 4 is 11.9 Å². The van der Waals surface area contributed by atoms with Gasteiger partial charge in [-0.15, -0.1) is 0 Å². The third kappa shape index (κ3) is 9.05. The molecule has 0 aromatic heterocycles. The molecule has 152 valence electrons. The molecule has 1 unspecified atom stereocenters. The van der Waals surface area contributed by atoms with Crippen LogP contribution in [0.1, 0.15) is 91.9 Å². The monoisotopic (exact) mass is 368 g/mol. The van der Waals surface area contributed by atoms with Crippen molar-refractivity contribution in [3.8, 4) is 0 Å². The van der Waals surface area contributed by atoms with E-state index in [1.165, 1.54) is 19.3 Å². The van der Waals surface area contributed by atoms with Crippen LogP contribution >= 0.6 is 0 Å². The molecule has 1 rings (SSSR count). The normalized spacial score (nSPS) is 21.4. The maximum absolute atomic E-state index is 12.4. The molecule has 1 aliphatic rings. The molecule has 4 nitrogen and oxygen atoms in total. The maximum atomic E-state index is 12.4. The second kappa shape index (κ2) is 13.2. The molecular formula is C22H40O4. The molecule has 0 aromatic rings. The molecule has 0 N–H and O–H groups in total. The third-order valence-electron chi connectivity index (χ3n) is 5.33. The van der Waals surface area contributed by atoms with E-state index < -0.39 is 0 Å².